The zero-order chi connectivity index (χ0) is 22.4. The summed E-state index contributed by atoms with van der Waals surface area (Å²) < 4.78 is 10.9. The average molecular weight is 442 g/mol. The second kappa shape index (κ2) is 9.99. The van der Waals surface area contributed by atoms with E-state index < -0.39 is 6.03 Å². The molecule has 0 spiro atoms. The highest BCUT2D eigenvalue weighted by atomic mass is 35.5. The predicted molar refractivity (Wildman–Crippen MR) is 123 cm³/mol. The van der Waals surface area contributed by atoms with Crippen molar-refractivity contribution < 1.29 is 14.3 Å². The minimum atomic E-state index is -0.414. The molecule has 3 N–H and O–H groups in total. The number of halogens is 1. The van der Waals surface area contributed by atoms with Gasteiger partial charge in [0.1, 0.15) is 17.4 Å². The van der Waals surface area contributed by atoms with E-state index in [4.69, 9.17) is 21.1 Å². The number of anilines is 4. The number of hydrogen-bond donors (Lipinski definition) is 3. The van der Waals surface area contributed by atoms with Crippen LogP contribution in [0, 0.1) is 6.92 Å². The van der Waals surface area contributed by atoms with Crippen LogP contribution in [-0.2, 0) is 0 Å². The Morgan fingerprint density at radius 3 is 2.39 bits per heavy atom. The van der Waals surface area contributed by atoms with Crippen LogP contribution in [0.15, 0.2) is 48.5 Å². The molecule has 0 atom stereocenters. The van der Waals surface area contributed by atoms with Gasteiger partial charge in [-0.2, -0.15) is 4.98 Å². The highest BCUT2D eigenvalue weighted by Gasteiger charge is 2.09. The fourth-order valence-electron chi connectivity index (χ4n) is 2.75. The summed E-state index contributed by atoms with van der Waals surface area (Å²) >= 11 is 5.99. The van der Waals surface area contributed by atoms with Crippen LogP contribution in [0.25, 0.3) is 0 Å². The van der Waals surface area contributed by atoms with E-state index in [-0.39, 0.29) is 6.10 Å². The largest absolute Gasteiger partial charge is 0.495 e. The van der Waals surface area contributed by atoms with Crippen LogP contribution in [-0.4, -0.2) is 29.2 Å². The lowest BCUT2D eigenvalue weighted by Crippen LogP contribution is -2.19. The number of carbonyl (C=O) groups is 1. The molecule has 1 heterocycles. The topological polar surface area (TPSA) is 97.4 Å². The summed E-state index contributed by atoms with van der Waals surface area (Å²) in [6, 6.07) is 13.5. The molecule has 162 valence electrons. The van der Waals surface area contributed by atoms with Crippen molar-refractivity contribution in [2.75, 3.05) is 23.1 Å². The van der Waals surface area contributed by atoms with Gasteiger partial charge in [0.05, 0.1) is 18.9 Å². The molecule has 0 unspecified atom stereocenters. The average Bonchev–Trinajstić information content (AvgIpc) is 2.68. The van der Waals surface area contributed by atoms with Gasteiger partial charge in [0, 0.05) is 22.5 Å². The van der Waals surface area contributed by atoms with Gasteiger partial charge in [-0.05, 0) is 63.2 Å². The molecule has 3 rings (SSSR count). The van der Waals surface area contributed by atoms with Gasteiger partial charge >= 0.3 is 6.03 Å². The third-order valence-corrected chi connectivity index (χ3v) is 4.23. The lowest BCUT2D eigenvalue weighted by Gasteiger charge is -2.13. The van der Waals surface area contributed by atoms with Gasteiger partial charge < -0.3 is 25.4 Å². The van der Waals surface area contributed by atoms with Crippen molar-refractivity contribution in [1.82, 2.24) is 9.97 Å². The summed E-state index contributed by atoms with van der Waals surface area (Å²) in [5.74, 6) is 2.25. The molecule has 8 nitrogen and oxygen atoms in total. The molecular weight excluding hydrogens is 418 g/mol. The molecule has 2 aromatic carbocycles. The van der Waals surface area contributed by atoms with E-state index in [0.717, 1.165) is 5.69 Å². The Hall–Kier alpha value is -3.52. The molecule has 0 aliphatic rings. The van der Waals surface area contributed by atoms with Gasteiger partial charge in [-0.1, -0.05) is 11.6 Å². The molecule has 2 amide bonds. The first-order chi connectivity index (χ1) is 14.8. The number of methoxy groups -OCH3 is 1. The number of ether oxygens (including phenoxy) is 2. The normalized spacial score (nSPS) is 10.5. The second-order valence-electron chi connectivity index (χ2n) is 6.93. The number of rotatable bonds is 7. The number of urea groups is 1. The van der Waals surface area contributed by atoms with Crippen molar-refractivity contribution in [2.45, 2.75) is 26.9 Å². The van der Waals surface area contributed by atoms with Gasteiger partial charge in [-0.25, -0.2) is 9.78 Å². The predicted octanol–water partition coefficient (Wildman–Crippen LogP) is 5.62. The minimum Gasteiger partial charge on any atom is -0.495 e. The first-order valence-corrected chi connectivity index (χ1v) is 10.0. The number of aryl methyl sites for hydroxylation is 1. The van der Waals surface area contributed by atoms with Gasteiger partial charge in [-0.3, -0.25) is 0 Å². The second-order valence-corrected chi connectivity index (χ2v) is 7.37. The Morgan fingerprint density at radius 1 is 1.00 bits per heavy atom. The summed E-state index contributed by atoms with van der Waals surface area (Å²) in [6.45, 7) is 5.68. The van der Waals surface area contributed by atoms with Crippen LogP contribution < -0.4 is 25.4 Å². The quantitative estimate of drug-likeness (QED) is 0.440. The van der Waals surface area contributed by atoms with Crippen LogP contribution in [0.2, 0.25) is 5.02 Å². The number of amides is 2. The molecule has 0 aliphatic heterocycles. The van der Waals surface area contributed by atoms with E-state index in [2.05, 4.69) is 25.9 Å². The molecule has 31 heavy (non-hydrogen) atoms. The third kappa shape index (κ3) is 6.48. The first kappa shape index (κ1) is 22.2. The van der Waals surface area contributed by atoms with Crippen LogP contribution >= 0.6 is 11.6 Å². The Balaban J connectivity index is 1.64. The lowest BCUT2D eigenvalue weighted by molar-refractivity contribution is 0.232. The fourth-order valence-corrected chi connectivity index (χ4v) is 2.93. The van der Waals surface area contributed by atoms with Gasteiger partial charge in [-0.15, -0.1) is 0 Å². The van der Waals surface area contributed by atoms with Crippen LogP contribution in [0.3, 0.4) is 0 Å². The Labute approximate surface area is 186 Å². The van der Waals surface area contributed by atoms with Crippen LogP contribution in [0.1, 0.15) is 19.7 Å². The smallest absolute Gasteiger partial charge is 0.323 e. The zero-order valence-electron chi connectivity index (χ0n) is 17.7. The van der Waals surface area contributed by atoms with E-state index in [1.54, 1.807) is 43.3 Å². The highest BCUT2D eigenvalue weighted by molar-refractivity contribution is 6.31. The number of aromatic nitrogens is 2. The van der Waals surface area contributed by atoms with Crippen LogP contribution in [0.4, 0.5) is 27.7 Å². The Bertz CT molecular complexity index is 1060. The molecule has 1 aromatic heterocycles. The fraction of sp³-hybridized carbons (Fsp3) is 0.227. The first-order valence-electron chi connectivity index (χ1n) is 9.63. The molecule has 0 saturated carbocycles. The molecule has 3 aromatic rings. The maximum atomic E-state index is 12.3. The van der Waals surface area contributed by atoms with E-state index in [1.807, 2.05) is 26.0 Å². The van der Waals surface area contributed by atoms with Crippen molar-refractivity contribution in [3.63, 3.8) is 0 Å². The molecule has 0 saturated heterocycles. The molecule has 0 radical (unpaired) electrons. The van der Waals surface area contributed by atoms with Crippen molar-refractivity contribution in [1.29, 1.82) is 0 Å². The molecule has 0 aliphatic carbocycles. The standard InChI is InChI=1S/C22H24ClN5O3/c1-13(2)31-21-12-20(24-14(3)25-21)26-16-6-8-17(9-7-16)27-22(29)28-18-11-15(23)5-10-19(18)30-4/h5-13H,1-4H3,(H,24,25,26)(H2,27,28,29). The molecule has 0 fully saturated rings. The number of benzene rings is 2. The maximum absolute atomic E-state index is 12.3. The monoisotopic (exact) mass is 441 g/mol. The van der Waals surface area contributed by atoms with E-state index in [9.17, 15) is 4.79 Å². The summed E-state index contributed by atoms with van der Waals surface area (Å²) in [7, 11) is 1.52. The van der Waals surface area contributed by atoms with Gasteiger partial charge in [0.25, 0.3) is 0 Å². The summed E-state index contributed by atoms with van der Waals surface area (Å²) in [5, 5.41) is 9.20. The maximum Gasteiger partial charge on any atom is 0.323 e. The lowest BCUT2D eigenvalue weighted by atomic mass is 10.2. The van der Waals surface area contributed by atoms with Crippen molar-refractivity contribution in [3.8, 4) is 11.6 Å². The summed E-state index contributed by atoms with van der Waals surface area (Å²) in [5.41, 5.74) is 1.90. The Kier molecular flexibility index (Phi) is 7.15. The van der Waals surface area contributed by atoms with Gasteiger partial charge in [0.2, 0.25) is 5.88 Å². The number of hydrogen-bond acceptors (Lipinski definition) is 6. The van der Waals surface area contributed by atoms with E-state index in [1.165, 1.54) is 7.11 Å². The SMILES string of the molecule is COc1ccc(Cl)cc1NC(=O)Nc1ccc(Nc2cc(OC(C)C)nc(C)n2)cc1. The minimum absolute atomic E-state index is 0.0190. The summed E-state index contributed by atoms with van der Waals surface area (Å²) in [4.78, 5) is 21.0. The third-order valence-electron chi connectivity index (χ3n) is 4.00. The zero-order valence-corrected chi connectivity index (χ0v) is 18.4. The van der Waals surface area contributed by atoms with Gasteiger partial charge in [0.15, 0.2) is 0 Å². The van der Waals surface area contributed by atoms with Crippen molar-refractivity contribution >= 4 is 40.5 Å². The molecule has 9 heteroatoms. The number of nitrogens with one attached hydrogen (secondary N) is 3. The number of carbonyl (C=O) groups excluding carboxylic acids is 1. The number of nitrogens with zero attached hydrogens (tertiary/aromatic N) is 2. The van der Waals surface area contributed by atoms with Crippen molar-refractivity contribution in [3.05, 3.63) is 59.4 Å². The molecular formula is C22H24ClN5O3. The van der Waals surface area contributed by atoms with E-state index in [0.29, 0.717) is 39.7 Å². The molecule has 0 bridgehead atoms. The Morgan fingerprint density at radius 2 is 1.71 bits per heavy atom. The van der Waals surface area contributed by atoms with E-state index >= 15 is 0 Å². The van der Waals surface area contributed by atoms with Crippen LogP contribution in [0.5, 0.6) is 11.6 Å². The highest BCUT2D eigenvalue weighted by Crippen LogP contribution is 2.28. The summed E-state index contributed by atoms with van der Waals surface area (Å²) in [6.07, 6.45) is 0.0190. The van der Waals surface area contributed by atoms with Crippen molar-refractivity contribution in [2.24, 2.45) is 0 Å².